The molecule has 10 nitrogen and oxygen atoms in total. The summed E-state index contributed by atoms with van der Waals surface area (Å²) in [4.78, 5) is 41.0. The van der Waals surface area contributed by atoms with E-state index in [4.69, 9.17) is 4.74 Å². The van der Waals surface area contributed by atoms with Crippen molar-refractivity contribution in [2.24, 2.45) is 10.1 Å². The summed E-state index contributed by atoms with van der Waals surface area (Å²) in [5, 5.41) is 20.6. The summed E-state index contributed by atoms with van der Waals surface area (Å²) in [6.07, 6.45) is 3.03. The van der Waals surface area contributed by atoms with Crippen LogP contribution < -0.4 is 10.1 Å². The molecule has 3 rings (SSSR count). The highest BCUT2D eigenvalue weighted by Crippen LogP contribution is 2.32. The molecule has 0 radical (unpaired) electrons. The van der Waals surface area contributed by atoms with Gasteiger partial charge >= 0.3 is 0 Å². The average Bonchev–Trinajstić information content (AvgIpc) is 3.39. The van der Waals surface area contributed by atoms with E-state index in [1.165, 1.54) is 41.7 Å². The van der Waals surface area contributed by atoms with Crippen molar-refractivity contribution in [3.63, 3.8) is 0 Å². The fourth-order valence-electron chi connectivity index (χ4n) is 2.69. The van der Waals surface area contributed by atoms with Crippen LogP contribution in [0.4, 0.5) is 11.4 Å². The minimum Gasteiger partial charge on any atom is -0.494 e. The number of methoxy groups -OCH3 is 1. The van der Waals surface area contributed by atoms with Crippen LogP contribution in [0.25, 0.3) is 0 Å². The highest BCUT2D eigenvalue weighted by Gasteiger charge is 2.39. The first-order valence-corrected chi connectivity index (χ1v) is 11.0. The summed E-state index contributed by atoms with van der Waals surface area (Å²) in [6.45, 7) is 3.93. The Hall–Kier alpha value is -3.51. The van der Waals surface area contributed by atoms with Crippen molar-refractivity contribution < 1.29 is 19.2 Å². The number of non-ortho nitro benzene ring substituents is 1. The number of amidine groups is 1. The van der Waals surface area contributed by atoms with Crippen molar-refractivity contribution in [3.05, 3.63) is 63.4 Å². The van der Waals surface area contributed by atoms with Crippen LogP contribution in [0.2, 0.25) is 0 Å². The summed E-state index contributed by atoms with van der Waals surface area (Å²) >= 11 is 2.62. The molecule has 2 amide bonds. The molecule has 12 heteroatoms. The van der Waals surface area contributed by atoms with E-state index in [2.05, 4.69) is 22.0 Å². The summed E-state index contributed by atoms with van der Waals surface area (Å²) in [5.41, 5.74) is 0.107. The number of benzene rings is 1. The Kier molecular flexibility index (Phi) is 7.73. The zero-order valence-corrected chi connectivity index (χ0v) is 18.6. The van der Waals surface area contributed by atoms with Crippen LogP contribution in [-0.4, -0.2) is 52.0 Å². The quantitative estimate of drug-likeness (QED) is 0.257. The lowest BCUT2D eigenvalue weighted by Crippen LogP contribution is -2.30. The van der Waals surface area contributed by atoms with Gasteiger partial charge in [0.15, 0.2) is 5.17 Å². The largest absolute Gasteiger partial charge is 0.494 e. The SMILES string of the molecule is C=CCN=C1SC(CC(=O)Nc2ccc([N+](=O)[O-])cc2OC)C(=O)N1N=Cc1cccs1. The molecule has 0 bridgehead atoms. The first-order valence-electron chi connectivity index (χ1n) is 9.28. The monoisotopic (exact) mass is 473 g/mol. The Labute approximate surface area is 191 Å². The first kappa shape index (κ1) is 23.2. The van der Waals surface area contributed by atoms with Crippen molar-refractivity contribution in [2.75, 3.05) is 19.0 Å². The van der Waals surface area contributed by atoms with Crippen LogP contribution in [0, 0.1) is 10.1 Å². The molecule has 1 aromatic heterocycles. The standard InChI is InChI=1S/C20H19N5O5S2/c1-3-8-21-20-24(22-12-14-5-4-9-31-14)19(27)17(32-20)11-18(26)23-15-7-6-13(25(28)29)10-16(15)30-2/h3-7,9-10,12,17H,1,8,11H2,2H3,(H,23,26). The smallest absolute Gasteiger partial charge is 0.273 e. The van der Waals surface area contributed by atoms with E-state index in [9.17, 15) is 19.7 Å². The van der Waals surface area contributed by atoms with Gasteiger partial charge in [-0.1, -0.05) is 23.9 Å². The van der Waals surface area contributed by atoms with Gasteiger partial charge in [0, 0.05) is 17.4 Å². The molecule has 0 spiro atoms. The molecular weight excluding hydrogens is 454 g/mol. The molecule has 0 aliphatic carbocycles. The number of nitrogens with one attached hydrogen (secondary N) is 1. The maximum atomic E-state index is 12.9. The number of anilines is 1. The zero-order chi connectivity index (χ0) is 23.1. The Bertz CT molecular complexity index is 1080. The second-order valence-corrected chi connectivity index (χ2v) is 8.47. The van der Waals surface area contributed by atoms with Gasteiger partial charge < -0.3 is 10.1 Å². The number of ether oxygens (including phenoxy) is 1. The lowest BCUT2D eigenvalue weighted by atomic mass is 10.2. The molecule has 2 heterocycles. The number of amides is 2. The van der Waals surface area contributed by atoms with E-state index in [1.807, 2.05) is 17.5 Å². The van der Waals surface area contributed by atoms with Gasteiger partial charge in [-0.25, -0.2) is 0 Å². The van der Waals surface area contributed by atoms with Gasteiger partial charge in [0.2, 0.25) is 5.91 Å². The second kappa shape index (κ2) is 10.7. The topological polar surface area (TPSA) is 126 Å². The van der Waals surface area contributed by atoms with Gasteiger partial charge in [-0.2, -0.15) is 10.1 Å². The second-order valence-electron chi connectivity index (χ2n) is 6.32. The number of thioether (sulfide) groups is 1. The normalized spacial score (nSPS) is 17.2. The average molecular weight is 474 g/mol. The highest BCUT2D eigenvalue weighted by atomic mass is 32.2. The molecule has 2 aromatic rings. The van der Waals surface area contributed by atoms with Crippen LogP contribution in [-0.2, 0) is 9.59 Å². The lowest BCUT2D eigenvalue weighted by molar-refractivity contribution is -0.384. The van der Waals surface area contributed by atoms with Crippen LogP contribution in [0.15, 0.2) is 58.5 Å². The number of thiophene rings is 1. The van der Waals surface area contributed by atoms with Crippen molar-refractivity contribution in [3.8, 4) is 5.75 Å². The molecule has 1 fully saturated rings. The highest BCUT2D eigenvalue weighted by molar-refractivity contribution is 8.15. The maximum absolute atomic E-state index is 12.9. The Morgan fingerprint density at radius 1 is 1.44 bits per heavy atom. The molecule has 1 aliphatic rings. The van der Waals surface area contributed by atoms with E-state index in [0.717, 1.165) is 16.6 Å². The lowest BCUT2D eigenvalue weighted by Gasteiger charge is -2.11. The van der Waals surface area contributed by atoms with Crippen molar-refractivity contribution >= 4 is 57.7 Å². The Balaban J connectivity index is 1.72. The number of nitrogens with zero attached hydrogens (tertiary/aromatic N) is 4. The minimum absolute atomic E-state index is 0.137. The maximum Gasteiger partial charge on any atom is 0.273 e. The number of aliphatic imine (C=N–C) groups is 1. The predicted octanol–water partition coefficient (Wildman–Crippen LogP) is 3.51. The fraction of sp³-hybridized carbons (Fsp3) is 0.200. The van der Waals surface area contributed by atoms with Crippen LogP contribution in [0.5, 0.6) is 5.75 Å². The van der Waals surface area contributed by atoms with Gasteiger partial charge in [0.25, 0.3) is 11.6 Å². The number of nitro benzene ring substituents is 1. The zero-order valence-electron chi connectivity index (χ0n) is 17.0. The third-order valence-electron chi connectivity index (χ3n) is 4.15. The molecular formula is C20H19N5O5S2. The van der Waals surface area contributed by atoms with Crippen molar-refractivity contribution in [1.82, 2.24) is 5.01 Å². The summed E-state index contributed by atoms with van der Waals surface area (Å²) in [7, 11) is 1.34. The molecule has 1 saturated heterocycles. The van der Waals surface area contributed by atoms with E-state index in [0.29, 0.717) is 11.7 Å². The molecule has 1 N–H and O–H groups in total. The molecule has 1 atom stereocenters. The van der Waals surface area contributed by atoms with Gasteiger partial charge in [0.1, 0.15) is 11.0 Å². The van der Waals surface area contributed by atoms with Gasteiger partial charge in [0.05, 0.1) is 36.5 Å². The number of hydrogen-bond donors (Lipinski definition) is 1. The number of nitro groups is 1. The third kappa shape index (κ3) is 5.59. The Morgan fingerprint density at radius 2 is 2.25 bits per heavy atom. The number of hydrogen-bond acceptors (Lipinski definition) is 9. The summed E-state index contributed by atoms with van der Waals surface area (Å²) < 4.78 is 5.13. The summed E-state index contributed by atoms with van der Waals surface area (Å²) in [6, 6.07) is 7.59. The van der Waals surface area contributed by atoms with E-state index >= 15 is 0 Å². The van der Waals surface area contributed by atoms with Crippen molar-refractivity contribution in [2.45, 2.75) is 11.7 Å². The van der Waals surface area contributed by atoms with Gasteiger partial charge in [-0.05, 0) is 17.5 Å². The number of carbonyl (C=O) groups is 2. The van der Waals surface area contributed by atoms with E-state index in [-0.39, 0.29) is 29.5 Å². The molecule has 1 aromatic carbocycles. The molecule has 32 heavy (non-hydrogen) atoms. The molecule has 1 unspecified atom stereocenters. The number of hydrazone groups is 1. The Morgan fingerprint density at radius 3 is 2.91 bits per heavy atom. The molecule has 0 saturated carbocycles. The van der Waals surface area contributed by atoms with Crippen molar-refractivity contribution in [1.29, 1.82) is 0 Å². The fourth-order valence-corrected chi connectivity index (χ4v) is 4.34. The predicted molar refractivity (Wildman–Crippen MR) is 126 cm³/mol. The number of rotatable bonds is 9. The summed E-state index contributed by atoms with van der Waals surface area (Å²) in [5.74, 6) is -0.667. The number of carbonyl (C=O) groups excluding carboxylic acids is 2. The molecule has 166 valence electrons. The van der Waals surface area contributed by atoms with E-state index in [1.54, 1.807) is 12.3 Å². The minimum atomic E-state index is -0.719. The van der Waals surface area contributed by atoms with E-state index < -0.39 is 16.1 Å². The third-order valence-corrected chi connectivity index (χ3v) is 6.13. The van der Waals surface area contributed by atoms with Gasteiger partial charge in [-0.15, -0.1) is 17.9 Å². The molecule has 1 aliphatic heterocycles. The van der Waals surface area contributed by atoms with Crippen LogP contribution in [0.3, 0.4) is 0 Å². The van der Waals surface area contributed by atoms with Crippen LogP contribution >= 0.6 is 23.1 Å². The van der Waals surface area contributed by atoms with Crippen LogP contribution in [0.1, 0.15) is 11.3 Å². The van der Waals surface area contributed by atoms with Gasteiger partial charge in [-0.3, -0.25) is 24.7 Å². The first-order chi connectivity index (χ1) is 15.4.